The van der Waals surface area contributed by atoms with E-state index in [-0.39, 0.29) is 29.7 Å². The number of aromatic nitrogens is 4. The van der Waals surface area contributed by atoms with Crippen LogP contribution in [-0.4, -0.2) is 132 Å². The van der Waals surface area contributed by atoms with Crippen LogP contribution in [0.4, 0.5) is 34.9 Å². The summed E-state index contributed by atoms with van der Waals surface area (Å²) in [5, 5.41) is 13.1. The number of carbonyl (C=O) groups excluding carboxylic acids is 3. The molecule has 2 aliphatic heterocycles. The molecule has 17 nitrogen and oxygen atoms in total. The number of anilines is 6. The van der Waals surface area contributed by atoms with E-state index in [4.69, 9.17) is 37.4 Å². The second-order valence-electron chi connectivity index (χ2n) is 14.2. The molecule has 4 aromatic rings. The molecule has 0 unspecified atom stereocenters. The van der Waals surface area contributed by atoms with Gasteiger partial charge in [0, 0.05) is 69.4 Å². The number of nitrogens with one attached hydrogen (secondary N) is 4. The number of piperazine rings is 1. The Hall–Kier alpha value is -5.65. The first kappa shape index (κ1) is 42.9. The number of ether oxygens (including phenoxy) is 3. The molecule has 2 saturated heterocycles. The Balaban J connectivity index is 0.000000199. The number of hydrogen-bond donors (Lipinski definition) is 4. The molecule has 314 valence electrons. The van der Waals surface area contributed by atoms with Gasteiger partial charge in [-0.05, 0) is 63.1 Å². The van der Waals surface area contributed by atoms with Crippen molar-refractivity contribution < 1.29 is 28.6 Å². The molecule has 0 atom stereocenters. The van der Waals surface area contributed by atoms with E-state index in [1.807, 2.05) is 18.7 Å². The lowest BCUT2D eigenvalue weighted by molar-refractivity contribution is -0.134. The zero-order valence-corrected chi connectivity index (χ0v) is 35.2. The van der Waals surface area contributed by atoms with E-state index in [1.165, 1.54) is 12.4 Å². The minimum atomic E-state index is -0.0800. The van der Waals surface area contributed by atoms with E-state index in [0.29, 0.717) is 120 Å². The van der Waals surface area contributed by atoms with Crippen LogP contribution in [-0.2, 0) is 9.53 Å². The van der Waals surface area contributed by atoms with Crippen molar-refractivity contribution in [2.24, 2.45) is 5.92 Å². The third kappa shape index (κ3) is 11.1. The summed E-state index contributed by atoms with van der Waals surface area (Å²) in [6, 6.07) is 10.6. The van der Waals surface area contributed by atoms with Gasteiger partial charge < -0.3 is 50.2 Å². The number of nitrogens with zero attached hydrogens (tertiary/aromatic N) is 7. The molecule has 2 aromatic heterocycles. The average molecular weight is 851 g/mol. The Kier molecular flexibility index (Phi) is 14.5. The zero-order chi connectivity index (χ0) is 42.1. The summed E-state index contributed by atoms with van der Waals surface area (Å²) in [6.45, 7) is 8.52. The van der Waals surface area contributed by atoms with Crippen LogP contribution in [0.15, 0.2) is 48.8 Å². The molecule has 59 heavy (non-hydrogen) atoms. The van der Waals surface area contributed by atoms with Crippen LogP contribution < -0.4 is 30.7 Å². The molecule has 4 heterocycles. The van der Waals surface area contributed by atoms with Crippen LogP contribution in [0, 0.1) is 5.92 Å². The monoisotopic (exact) mass is 849 g/mol. The van der Waals surface area contributed by atoms with Crippen LogP contribution in [0.25, 0.3) is 0 Å². The number of carbonyl (C=O) groups is 3. The Morgan fingerprint density at radius 1 is 0.729 bits per heavy atom. The molecule has 1 aliphatic carbocycles. The Bertz CT molecular complexity index is 2130. The van der Waals surface area contributed by atoms with Crippen LogP contribution >= 0.6 is 23.2 Å². The van der Waals surface area contributed by atoms with Crippen LogP contribution in [0.5, 0.6) is 11.5 Å². The maximum atomic E-state index is 13.0. The van der Waals surface area contributed by atoms with Gasteiger partial charge in [0.25, 0.3) is 11.8 Å². The SMILES string of the molecule is CNc1nc(Nc2ccc(C(=O)N3CCN(C(=O)C4CC4)CC3)cc2OC)ncc1Cl.COc1cc(C(=O)N2CCOCC2)ccc1Nc1ncc(Cl)c(NC(C)C)n1. The van der Waals surface area contributed by atoms with Gasteiger partial charge in [0.2, 0.25) is 17.8 Å². The van der Waals surface area contributed by atoms with Crippen molar-refractivity contribution in [3.8, 4) is 11.5 Å². The topological polar surface area (TPSA) is 188 Å². The number of amides is 3. The lowest BCUT2D eigenvalue weighted by atomic mass is 10.1. The fraction of sp³-hybridized carbons (Fsp3) is 0.425. The van der Waals surface area contributed by atoms with Gasteiger partial charge in [0.1, 0.15) is 27.4 Å². The Labute approximate surface area is 353 Å². The molecular weight excluding hydrogens is 801 g/mol. The lowest BCUT2D eigenvalue weighted by Crippen LogP contribution is -2.51. The van der Waals surface area contributed by atoms with Gasteiger partial charge in [-0.2, -0.15) is 9.97 Å². The predicted molar refractivity (Wildman–Crippen MR) is 227 cm³/mol. The maximum absolute atomic E-state index is 13.0. The summed E-state index contributed by atoms with van der Waals surface area (Å²) in [5.74, 6) is 3.12. The molecule has 3 amide bonds. The minimum absolute atomic E-state index is 0.0423. The quantitative estimate of drug-likeness (QED) is 0.134. The second kappa shape index (κ2) is 19.9. The van der Waals surface area contributed by atoms with Gasteiger partial charge in [0.05, 0.1) is 51.2 Å². The highest BCUT2D eigenvalue weighted by atomic mass is 35.5. The number of morpholine rings is 1. The summed E-state index contributed by atoms with van der Waals surface area (Å²) in [5.41, 5.74) is 2.36. The summed E-state index contributed by atoms with van der Waals surface area (Å²) in [7, 11) is 4.82. The number of hydrogen-bond acceptors (Lipinski definition) is 14. The smallest absolute Gasteiger partial charge is 0.254 e. The summed E-state index contributed by atoms with van der Waals surface area (Å²) in [4.78, 5) is 60.4. The van der Waals surface area contributed by atoms with E-state index in [2.05, 4.69) is 41.2 Å². The fourth-order valence-electron chi connectivity index (χ4n) is 6.35. The molecule has 3 aliphatic rings. The zero-order valence-electron chi connectivity index (χ0n) is 33.7. The third-order valence-electron chi connectivity index (χ3n) is 9.64. The largest absolute Gasteiger partial charge is 0.495 e. The second-order valence-corrected chi connectivity index (χ2v) is 15.0. The summed E-state index contributed by atoms with van der Waals surface area (Å²) >= 11 is 12.2. The van der Waals surface area contributed by atoms with E-state index < -0.39 is 0 Å². The van der Waals surface area contributed by atoms with Crippen molar-refractivity contribution in [3.05, 3.63) is 70.0 Å². The van der Waals surface area contributed by atoms with E-state index in [1.54, 1.807) is 67.5 Å². The van der Waals surface area contributed by atoms with Crippen molar-refractivity contribution in [1.82, 2.24) is 34.6 Å². The molecule has 3 fully saturated rings. The van der Waals surface area contributed by atoms with Gasteiger partial charge in [-0.25, -0.2) is 9.97 Å². The highest BCUT2D eigenvalue weighted by Crippen LogP contribution is 2.33. The lowest BCUT2D eigenvalue weighted by Gasteiger charge is -2.35. The normalized spacial score (nSPS) is 15.2. The Morgan fingerprint density at radius 2 is 1.20 bits per heavy atom. The maximum Gasteiger partial charge on any atom is 0.254 e. The van der Waals surface area contributed by atoms with Crippen LogP contribution in [0.1, 0.15) is 47.4 Å². The van der Waals surface area contributed by atoms with Gasteiger partial charge in [-0.1, -0.05) is 23.2 Å². The molecule has 0 radical (unpaired) electrons. The first-order valence-electron chi connectivity index (χ1n) is 19.3. The standard InChI is InChI=1S/C21H25ClN6O3.C19H24ClN5O3/c1-23-18-15(22)12-24-21(26-18)25-16-6-5-14(11-17(16)31-2)20(30)28-9-7-27(8-10-28)19(29)13-3-4-13;1-12(2)22-17-14(20)11-21-19(24-17)23-15-5-4-13(10-16(15)27-3)18(26)25-6-8-28-9-7-25/h5-6,11-13H,3-4,7-10H2,1-2H3,(H2,23,24,25,26);4-5,10-12H,6-9H2,1-3H3,(H2,21,22,23,24). The number of rotatable bonds is 12. The van der Waals surface area contributed by atoms with Crippen molar-refractivity contribution in [2.75, 3.05) is 95.0 Å². The third-order valence-corrected chi connectivity index (χ3v) is 10.2. The fourth-order valence-corrected chi connectivity index (χ4v) is 6.68. The molecule has 1 saturated carbocycles. The average Bonchev–Trinajstić information content (AvgIpc) is 4.11. The minimum Gasteiger partial charge on any atom is -0.495 e. The van der Waals surface area contributed by atoms with Crippen molar-refractivity contribution >= 4 is 75.8 Å². The summed E-state index contributed by atoms with van der Waals surface area (Å²) in [6.07, 6.45) is 5.02. The molecule has 0 bridgehead atoms. The van der Waals surface area contributed by atoms with Gasteiger partial charge >= 0.3 is 0 Å². The Morgan fingerprint density at radius 3 is 1.68 bits per heavy atom. The number of halogens is 2. The van der Waals surface area contributed by atoms with E-state index in [9.17, 15) is 14.4 Å². The molecular formula is C40H49Cl2N11O6. The highest BCUT2D eigenvalue weighted by Gasteiger charge is 2.35. The number of methoxy groups -OCH3 is 2. The molecule has 2 aromatic carbocycles. The number of benzene rings is 2. The molecule has 0 spiro atoms. The highest BCUT2D eigenvalue weighted by molar-refractivity contribution is 6.33. The van der Waals surface area contributed by atoms with Crippen molar-refractivity contribution in [1.29, 1.82) is 0 Å². The molecule has 4 N–H and O–H groups in total. The van der Waals surface area contributed by atoms with Crippen LogP contribution in [0.2, 0.25) is 10.0 Å². The van der Waals surface area contributed by atoms with Gasteiger partial charge in [-0.3, -0.25) is 14.4 Å². The first-order valence-corrected chi connectivity index (χ1v) is 20.1. The molecule has 7 rings (SSSR count). The molecule has 19 heteroatoms. The predicted octanol–water partition coefficient (Wildman–Crippen LogP) is 5.79. The van der Waals surface area contributed by atoms with Crippen molar-refractivity contribution in [2.45, 2.75) is 32.7 Å². The van der Waals surface area contributed by atoms with E-state index >= 15 is 0 Å². The van der Waals surface area contributed by atoms with Gasteiger partial charge in [-0.15, -0.1) is 0 Å². The summed E-state index contributed by atoms with van der Waals surface area (Å²) < 4.78 is 16.2. The van der Waals surface area contributed by atoms with Gasteiger partial charge in [0.15, 0.2) is 5.82 Å². The van der Waals surface area contributed by atoms with Crippen LogP contribution in [0.3, 0.4) is 0 Å². The van der Waals surface area contributed by atoms with Crippen molar-refractivity contribution in [3.63, 3.8) is 0 Å². The van der Waals surface area contributed by atoms with E-state index in [0.717, 1.165) is 12.8 Å². The first-order chi connectivity index (χ1) is 28.5.